The Morgan fingerprint density at radius 2 is 1.58 bits per heavy atom. The van der Waals surface area contributed by atoms with Gasteiger partial charge in [-0.25, -0.2) is 9.59 Å². The van der Waals surface area contributed by atoms with Crippen LogP contribution in [0.15, 0.2) is 0 Å². The van der Waals surface area contributed by atoms with Gasteiger partial charge in [-0.05, 0) is 76.5 Å². The lowest BCUT2D eigenvalue weighted by Gasteiger charge is -2.55. The number of amides is 3. The maximum atomic E-state index is 12.6. The number of carbonyl (C=O) groups excluding carboxylic acids is 2. The van der Waals surface area contributed by atoms with Crippen molar-refractivity contribution in [3.05, 3.63) is 0 Å². The molecule has 1 aliphatic heterocycles. The van der Waals surface area contributed by atoms with Crippen LogP contribution in [0.25, 0.3) is 0 Å². The Kier molecular flexibility index (Phi) is 4.56. The molecule has 4 saturated carbocycles. The summed E-state index contributed by atoms with van der Waals surface area (Å²) in [6.45, 7) is 7.56. The maximum absolute atomic E-state index is 12.6. The molecule has 0 unspecified atom stereocenters. The van der Waals surface area contributed by atoms with E-state index in [4.69, 9.17) is 4.74 Å². The molecule has 1 saturated heterocycles. The third kappa shape index (κ3) is 3.79. The zero-order chi connectivity index (χ0) is 18.5. The molecular weight excluding hydrogens is 330 g/mol. The molecule has 5 aliphatic rings. The van der Waals surface area contributed by atoms with E-state index in [0.717, 1.165) is 24.9 Å². The highest BCUT2D eigenvalue weighted by molar-refractivity contribution is 5.75. The molecule has 1 heterocycles. The standard InChI is InChI=1S/C20H33N3O3/c1-20(2,3)26-19(25)21-9-14-10-23(11-14)18(24)22-17-15-5-12-4-13(7-15)8-16(17)6-12/h12-17H,4-11H2,1-3H3,(H,21,25)(H,22,24). The van der Waals surface area contributed by atoms with E-state index >= 15 is 0 Å². The highest BCUT2D eigenvalue weighted by Crippen LogP contribution is 2.53. The molecule has 0 aromatic heterocycles. The van der Waals surface area contributed by atoms with E-state index in [2.05, 4.69) is 10.6 Å². The van der Waals surface area contributed by atoms with Gasteiger partial charge >= 0.3 is 12.1 Å². The molecule has 3 amide bonds. The Hall–Kier alpha value is -1.46. The summed E-state index contributed by atoms with van der Waals surface area (Å²) in [5.74, 6) is 3.60. The molecule has 146 valence electrons. The van der Waals surface area contributed by atoms with Crippen LogP contribution in [0.3, 0.4) is 0 Å². The van der Waals surface area contributed by atoms with E-state index in [1.54, 1.807) is 0 Å². The minimum atomic E-state index is -0.478. The van der Waals surface area contributed by atoms with Crippen LogP contribution in [0.4, 0.5) is 9.59 Å². The van der Waals surface area contributed by atoms with Gasteiger partial charge in [0.05, 0.1) is 0 Å². The van der Waals surface area contributed by atoms with Gasteiger partial charge in [0, 0.05) is 31.6 Å². The lowest BCUT2D eigenvalue weighted by atomic mass is 9.54. The zero-order valence-corrected chi connectivity index (χ0v) is 16.3. The lowest BCUT2D eigenvalue weighted by Crippen LogP contribution is -2.62. The number of nitrogens with one attached hydrogen (secondary N) is 2. The molecule has 0 aromatic rings. The topological polar surface area (TPSA) is 70.7 Å². The fraction of sp³-hybridized carbons (Fsp3) is 0.900. The van der Waals surface area contributed by atoms with Crippen molar-refractivity contribution in [1.82, 2.24) is 15.5 Å². The molecule has 6 nitrogen and oxygen atoms in total. The number of rotatable bonds is 3. The smallest absolute Gasteiger partial charge is 0.407 e. The molecule has 0 radical (unpaired) electrons. The van der Waals surface area contributed by atoms with Crippen LogP contribution in [0, 0.1) is 29.6 Å². The number of likely N-dealkylation sites (tertiary alicyclic amines) is 1. The van der Waals surface area contributed by atoms with E-state index in [1.807, 2.05) is 25.7 Å². The fourth-order valence-electron chi connectivity index (χ4n) is 5.80. The van der Waals surface area contributed by atoms with E-state index in [9.17, 15) is 9.59 Å². The van der Waals surface area contributed by atoms with Gasteiger partial charge in [-0.2, -0.15) is 0 Å². The first-order valence-electron chi connectivity index (χ1n) is 10.3. The second-order valence-electron chi connectivity index (χ2n) is 10.1. The normalized spacial score (nSPS) is 35.8. The minimum absolute atomic E-state index is 0.0935. The Balaban J connectivity index is 1.18. The van der Waals surface area contributed by atoms with Crippen molar-refractivity contribution in [2.45, 2.75) is 64.5 Å². The van der Waals surface area contributed by atoms with Crippen molar-refractivity contribution in [1.29, 1.82) is 0 Å². The quantitative estimate of drug-likeness (QED) is 0.810. The number of hydrogen-bond donors (Lipinski definition) is 2. The Morgan fingerprint density at radius 3 is 2.12 bits per heavy atom. The van der Waals surface area contributed by atoms with Gasteiger partial charge in [0.25, 0.3) is 0 Å². The summed E-state index contributed by atoms with van der Waals surface area (Å²) in [6, 6.07) is 0.491. The van der Waals surface area contributed by atoms with E-state index in [1.165, 1.54) is 32.1 Å². The monoisotopic (exact) mass is 363 g/mol. The van der Waals surface area contributed by atoms with Crippen molar-refractivity contribution in [2.24, 2.45) is 29.6 Å². The van der Waals surface area contributed by atoms with Gasteiger partial charge in [-0.1, -0.05) is 0 Å². The van der Waals surface area contributed by atoms with Gasteiger partial charge in [0.1, 0.15) is 5.60 Å². The van der Waals surface area contributed by atoms with Gasteiger partial charge in [-0.15, -0.1) is 0 Å². The highest BCUT2D eigenvalue weighted by Gasteiger charge is 2.49. The van der Waals surface area contributed by atoms with Crippen molar-refractivity contribution in [3.63, 3.8) is 0 Å². The average molecular weight is 364 g/mol. The molecule has 26 heavy (non-hydrogen) atoms. The summed E-state index contributed by atoms with van der Waals surface area (Å²) in [5.41, 5.74) is -0.478. The number of carbonyl (C=O) groups is 2. The predicted molar refractivity (Wildman–Crippen MR) is 98.7 cm³/mol. The summed E-state index contributed by atoms with van der Waals surface area (Å²) in [6.07, 6.45) is 6.34. The number of ether oxygens (including phenoxy) is 1. The van der Waals surface area contributed by atoms with Crippen molar-refractivity contribution in [3.8, 4) is 0 Å². The van der Waals surface area contributed by atoms with Crippen LogP contribution in [-0.2, 0) is 4.74 Å². The van der Waals surface area contributed by atoms with Crippen LogP contribution in [0.5, 0.6) is 0 Å². The molecule has 4 bridgehead atoms. The first-order valence-corrected chi connectivity index (χ1v) is 10.3. The summed E-state index contributed by atoms with van der Waals surface area (Å²) in [4.78, 5) is 26.2. The van der Waals surface area contributed by atoms with Crippen LogP contribution in [0.2, 0.25) is 0 Å². The summed E-state index contributed by atoms with van der Waals surface area (Å²) in [5, 5.41) is 6.16. The van der Waals surface area contributed by atoms with Crippen LogP contribution < -0.4 is 10.6 Å². The SMILES string of the molecule is CC(C)(C)OC(=O)NCC1CN(C(=O)NC2C3CC4CC(C3)CC2C4)C1. The molecule has 0 atom stereocenters. The molecule has 6 heteroatoms. The molecule has 2 N–H and O–H groups in total. The van der Waals surface area contributed by atoms with Crippen LogP contribution in [0.1, 0.15) is 52.9 Å². The van der Waals surface area contributed by atoms with Crippen LogP contribution >= 0.6 is 0 Å². The minimum Gasteiger partial charge on any atom is -0.444 e. The number of urea groups is 1. The number of alkyl carbamates (subject to hydrolysis) is 1. The van der Waals surface area contributed by atoms with E-state index in [0.29, 0.717) is 30.3 Å². The van der Waals surface area contributed by atoms with Gasteiger partial charge in [0.2, 0.25) is 0 Å². The van der Waals surface area contributed by atoms with Crippen molar-refractivity contribution >= 4 is 12.1 Å². The average Bonchev–Trinajstić information content (AvgIpc) is 2.46. The second-order valence-corrected chi connectivity index (χ2v) is 10.1. The Bertz CT molecular complexity index is 537. The third-order valence-corrected chi connectivity index (χ3v) is 6.70. The summed E-state index contributed by atoms with van der Waals surface area (Å²) in [7, 11) is 0. The third-order valence-electron chi connectivity index (χ3n) is 6.70. The second kappa shape index (κ2) is 6.61. The first kappa shape index (κ1) is 17.9. The molecule has 5 fully saturated rings. The van der Waals surface area contributed by atoms with E-state index < -0.39 is 5.60 Å². The van der Waals surface area contributed by atoms with E-state index in [-0.39, 0.29) is 12.1 Å². The fourth-order valence-corrected chi connectivity index (χ4v) is 5.80. The molecule has 0 aromatic carbocycles. The predicted octanol–water partition coefficient (Wildman–Crippen LogP) is 2.98. The Labute approximate surface area is 156 Å². The molecule has 5 rings (SSSR count). The highest BCUT2D eigenvalue weighted by atomic mass is 16.6. The molecular formula is C20H33N3O3. The first-order chi connectivity index (χ1) is 12.3. The lowest BCUT2D eigenvalue weighted by molar-refractivity contribution is -0.0129. The number of hydrogen-bond acceptors (Lipinski definition) is 3. The largest absolute Gasteiger partial charge is 0.444 e. The summed E-state index contributed by atoms with van der Waals surface area (Å²) >= 11 is 0. The Morgan fingerprint density at radius 1 is 1.00 bits per heavy atom. The van der Waals surface area contributed by atoms with Gasteiger partial charge in [0.15, 0.2) is 0 Å². The van der Waals surface area contributed by atoms with Gasteiger partial charge in [-0.3, -0.25) is 0 Å². The van der Waals surface area contributed by atoms with Gasteiger partial charge < -0.3 is 20.3 Å². The maximum Gasteiger partial charge on any atom is 0.407 e. The molecule has 4 aliphatic carbocycles. The van der Waals surface area contributed by atoms with Crippen molar-refractivity contribution < 1.29 is 14.3 Å². The summed E-state index contributed by atoms with van der Waals surface area (Å²) < 4.78 is 5.24. The number of nitrogens with zero attached hydrogens (tertiary/aromatic N) is 1. The van der Waals surface area contributed by atoms with Crippen LogP contribution in [-0.4, -0.2) is 48.3 Å². The zero-order valence-electron chi connectivity index (χ0n) is 16.3. The van der Waals surface area contributed by atoms with Crippen molar-refractivity contribution in [2.75, 3.05) is 19.6 Å². The molecule has 0 spiro atoms.